The highest BCUT2D eigenvalue weighted by atomic mass is 16.5. The number of guanidine groups is 1. The van der Waals surface area contributed by atoms with Crippen LogP contribution in [-0.4, -0.2) is 50.4 Å². The maximum absolute atomic E-state index is 5.69. The SMILES string of the molecule is CCOc1ccccc1CNC(=NC)NCc1ccnc(N2CCOC(C)C2)c1. The third-order valence-electron chi connectivity index (χ3n) is 4.78. The number of nitrogens with one attached hydrogen (secondary N) is 2. The molecule has 1 saturated heterocycles. The Labute approximate surface area is 173 Å². The molecule has 29 heavy (non-hydrogen) atoms. The third-order valence-corrected chi connectivity index (χ3v) is 4.78. The van der Waals surface area contributed by atoms with Crippen molar-refractivity contribution in [2.75, 3.05) is 38.3 Å². The van der Waals surface area contributed by atoms with Gasteiger partial charge >= 0.3 is 0 Å². The van der Waals surface area contributed by atoms with Crippen LogP contribution in [0.25, 0.3) is 0 Å². The number of anilines is 1. The molecule has 2 N–H and O–H groups in total. The van der Waals surface area contributed by atoms with E-state index in [0.717, 1.165) is 48.4 Å². The summed E-state index contributed by atoms with van der Waals surface area (Å²) in [4.78, 5) is 11.1. The van der Waals surface area contributed by atoms with Gasteiger partial charge < -0.3 is 25.0 Å². The molecule has 2 heterocycles. The van der Waals surface area contributed by atoms with Crippen LogP contribution in [0.2, 0.25) is 0 Å². The van der Waals surface area contributed by atoms with Crippen molar-refractivity contribution < 1.29 is 9.47 Å². The van der Waals surface area contributed by atoms with Gasteiger partial charge in [-0.1, -0.05) is 18.2 Å². The lowest BCUT2D eigenvalue weighted by molar-refractivity contribution is 0.0529. The summed E-state index contributed by atoms with van der Waals surface area (Å²) in [6, 6.07) is 12.2. The van der Waals surface area contributed by atoms with Crippen molar-refractivity contribution in [1.82, 2.24) is 15.6 Å². The van der Waals surface area contributed by atoms with E-state index in [9.17, 15) is 0 Å². The molecule has 1 unspecified atom stereocenters. The van der Waals surface area contributed by atoms with Crippen molar-refractivity contribution in [3.63, 3.8) is 0 Å². The predicted molar refractivity (Wildman–Crippen MR) is 117 cm³/mol. The fourth-order valence-corrected chi connectivity index (χ4v) is 3.30. The van der Waals surface area contributed by atoms with Gasteiger partial charge in [0.2, 0.25) is 0 Å². The molecule has 7 nitrogen and oxygen atoms in total. The van der Waals surface area contributed by atoms with E-state index in [0.29, 0.717) is 19.7 Å². The molecule has 0 radical (unpaired) electrons. The molecule has 1 atom stereocenters. The number of nitrogens with zero attached hydrogens (tertiary/aromatic N) is 3. The van der Waals surface area contributed by atoms with Crippen molar-refractivity contribution in [2.24, 2.45) is 4.99 Å². The fraction of sp³-hybridized carbons (Fsp3) is 0.455. The number of ether oxygens (including phenoxy) is 2. The molecule has 3 rings (SSSR count). The molecule has 0 saturated carbocycles. The fourth-order valence-electron chi connectivity index (χ4n) is 3.30. The average Bonchev–Trinajstić information content (AvgIpc) is 2.75. The summed E-state index contributed by atoms with van der Waals surface area (Å²) in [6.07, 6.45) is 2.09. The number of aromatic nitrogens is 1. The van der Waals surface area contributed by atoms with Crippen LogP contribution in [0.5, 0.6) is 5.75 Å². The van der Waals surface area contributed by atoms with Gasteiger partial charge in [0.05, 0.1) is 19.3 Å². The summed E-state index contributed by atoms with van der Waals surface area (Å²) in [5.41, 5.74) is 2.26. The van der Waals surface area contributed by atoms with Crippen molar-refractivity contribution >= 4 is 11.8 Å². The number of pyridine rings is 1. The summed E-state index contributed by atoms with van der Waals surface area (Å²) in [5, 5.41) is 6.73. The van der Waals surface area contributed by atoms with Crippen LogP contribution in [0, 0.1) is 0 Å². The zero-order valence-electron chi connectivity index (χ0n) is 17.5. The van der Waals surface area contributed by atoms with E-state index in [2.05, 4.69) is 44.6 Å². The molecule has 1 aromatic heterocycles. The first-order valence-corrected chi connectivity index (χ1v) is 10.2. The average molecular weight is 398 g/mol. The minimum Gasteiger partial charge on any atom is -0.494 e. The molecule has 1 aliphatic heterocycles. The Morgan fingerprint density at radius 2 is 2.10 bits per heavy atom. The second-order valence-corrected chi connectivity index (χ2v) is 6.97. The van der Waals surface area contributed by atoms with Crippen molar-refractivity contribution in [1.29, 1.82) is 0 Å². The molecular formula is C22H31N5O2. The Balaban J connectivity index is 1.55. The van der Waals surface area contributed by atoms with Crippen molar-refractivity contribution in [3.05, 3.63) is 53.7 Å². The Morgan fingerprint density at radius 3 is 2.90 bits per heavy atom. The van der Waals surface area contributed by atoms with Crippen LogP contribution in [0.15, 0.2) is 47.6 Å². The highest BCUT2D eigenvalue weighted by Gasteiger charge is 2.18. The molecule has 0 amide bonds. The standard InChI is InChI=1S/C22H31N5O2/c1-4-28-20-8-6-5-7-19(20)15-26-22(23-3)25-14-18-9-10-24-21(13-18)27-11-12-29-17(2)16-27/h5-10,13,17H,4,11-12,14-16H2,1-3H3,(H2,23,25,26). The highest BCUT2D eigenvalue weighted by Crippen LogP contribution is 2.18. The van der Waals surface area contributed by atoms with Gasteiger partial charge in [-0.05, 0) is 37.6 Å². The van der Waals surface area contributed by atoms with Gasteiger partial charge in [0.25, 0.3) is 0 Å². The highest BCUT2D eigenvalue weighted by molar-refractivity contribution is 5.79. The second-order valence-electron chi connectivity index (χ2n) is 6.97. The summed E-state index contributed by atoms with van der Waals surface area (Å²) in [6.45, 7) is 8.53. The molecule has 2 aromatic rings. The topological polar surface area (TPSA) is 71.0 Å². The van der Waals surface area contributed by atoms with Gasteiger partial charge in [-0.2, -0.15) is 0 Å². The summed E-state index contributed by atoms with van der Waals surface area (Å²) in [7, 11) is 1.77. The van der Waals surface area contributed by atoms with Gasteiger partial charge in [0, 0.05) is 45.0 Å². The van der Waals surface area contributed by atoms with Crippen molar-refractivity contribution in [2.45, 2.75) is 33.0 Å². The largest absolute Gasteiger partial charge is 0.494 e. The van der Waals surface area contributed by atoms with Crippen LogP contribution < -0.4 is 20.3 Å². The number of hydrogen-bond acceptors (Lipinski definition) is 5. The maximum atomic E-state index is 5.69. The molecule has 1 fully saturated rings. The summed E-state index contributed by atoms with van der Waals surface area (Å²) >= 11 is 0. The lowest BCUT2D eigenvalue weighted by Crippen LogP contribution is -2.41. The Morgan fingerprint density at radius 1 is 1.28 bits per heavy atom. The molecule has 0 spiro atoms. The van der Waals surface area contributed by atoms with Crippen LogP contribution >= 0.6 is 0 Å². The molecule has 1 aliphatic rings. The number of rotatable bonds is 7. The zero-order valence-corrected chi connectivity index (χ0v) is 17.5. The molecule has 156 valence electrons. The minimum absolute atomic E-state index is 0.231. The number of aliphatic imine (C=N–C) groups is 1. The van der Waals surface area contributed by atoms with E-state index < -0.39 is 0 Å². The Bertz CT molecular complexity index is 811. The van der Waals surface area contributed by atoms with Crippen LogP contribution in [0.1, 0.15) is 25.0 Å². The van der Waals surface area contributed by atoms with E-state index in [4.69, 9.17) is 9.47 Å². The third kappa shape index (κ3) is 6.09. The molecular weight excluding hydrogens is 366 g/mol. The minimum atomic E-state index is 0.231. The molecule has 1 aromatic carbocycles. The lowest BCUT2D eigenvalue weighted by atomic mass is 10.2. The van der Waals surface area contributed by atoms with E-state index in [1.54, 1.807) is 7.05 Å². The van der Waals surface area contributed by atoms with Crippen LogP contribution in [-0.2, 0) is 17.8 Å². The van der Waals surface area contributed by atoms with Gasteiger partial charge in [-0.15, -0.1) is 0 Å². The van der Waals surface area contributed by atoms with E-state index in [-0.39, 0.29) is 6.10 Å². The van der Waals surface area contributed by atoms with Gasteiger partial charge in [-0.25, -0.2) is 4.98 Å². The molecule has 0 bridgehead atoms. The Kier molecular flexibility index (Phi) is 7.69. The van der Waals surface area contributed by atoms with E-state index in [1.807, 2.05) is 37.4 Å². The van der Waals surface area contributed by atoms with E-state index in [1.165, 1.54) is 0 Å². The maximum Gasteiger partial charge on any atom is 0.191 e. The quantitative estimate of drug-likeness (QED) is 0.553. The predicted octanol–water partition coefficient (Wildman–Crippen LogP) is 2.57. The number of morpholine rings is 1. The van der Waals surface area contributed by atoms with Crippen LogP contribution in [0.4, 0.5) is 5.82 Å². The van der Waals surface area contributed by atoms with Crippen molar-refractivity contribution in [3.8, 4) is 5.75 Å². The number of benzene rings is 1. The first-order chi connectivity index (χ1) is 14.2. The Hall–Kier alpha value is -2.80. The van der Waals surface area contributed by atoms with E-state index >= 15 is 0 Å². The smallest absolute Gasteiger partial charge is 0.191 e. The molecule has 0 aliphatic carbocycles. The van der Waals surface area contributed by atoms with Crippen LogP contribution in [0.3, 0.4) is 0 Å². The first-order valence-electron chi connectivity index (χ1n) is 10.2. The lowest BCUT2D eigenvalue weighted by Gasteiger charge is -2.32. The first kappa shape index (κ1) is 20.9. The van der Waals surface area contributed by atoms with Gasteiger partial charge in [0.1, 0.15) is 11.6 Å². The monoisotopic (exact) mass is 397 g/mol. The van der Waals surface area contributed by atoms with Gasteiger partial charge in [-0.3, -0.25) is 4.99 Å². The number of para-hydroxylation sites is 1. The number of hydrogen-bond donors (Lipinski definition) is 2. The second kappa shape index (κ2) is 10.7. The molecule has 7 heteroatoms. The normalized spacial score (nSPS) is 17.1. The summed E-state index contributed by atoms with van der Waals surface area (Å²) in [5.74, 6) is 2.64. The summed E-state index contributed by atoms with van der Waals surface area (Å²) < 4.78 is 11.3. The zero-order chi connectivity index (χ0) is 20.5. The van der Waals surface area contributed by atoms with Gasteiger partial charge in [0.15, 0.2) is 5.96 Å².